The number of aryl methyl sites for hydroxylation is 4. The number of piperazine rings is 1. The zero-order chi connectivity index (χ0) is 52.4. The number of carbonyl (C=O) groups excluding carboxylic acids is 4. The molecule has 3 saturated heterocycles. The van der Waals surface area contributed by atoms with Crippen molar-refractivity contribution in [1.82, 2.24) is 40.1 Å². The number of aliphatic carboxylic acids is 1. The highest BCUT2D eigenvalue weighted by atomic mass is 127. The summed E-state index contributed by atoms with van der Waals surface area (Å²) in [6.45, 7) is 11.8. The van der Waals surface area contributed by atoms with E-state index in [1.165, 1.54) is 5.56 Å². The number of aromatic nitrogens is 3. The Labute approximate surface area is 451 Å². The van der Waals surface area contributed by atoms with E-state index in [9.17, 15) is 34.2 Å². The smallest absolute Gasteiger partial charge is 0.304 e. The molecule has 0 aliphatic carbocycles. The first kappa shape index (κ1) is 56.9. The zero-order valence-corrected chi connectivity index (χ0v) is 46.0. The predicted molar refractivity (Wildman–Crippen MR) is 294 cm³/mol. The molecule has 7 rings (SSSR count). The highest BCUT2D eigenvalue weighted by Gasteiger charge is 2.34. The molecule has 4 amide bonds. The second-order valence-electron chi connectivity index (χ2n) is 21.1. The Balaban J connectivity index is 0.790. The van der Waals surface area contributed by atoms with Gasteiger partial charge < -0.3 is 48.8 Å². The number of carboxylic acid groups (broad SMARTS) is 1. The van der Waals surface area contributed by atoms with Gasteiger partial charge in [-0.3, -0.25) is 24.0 Å². The number of carboxylic acids is 1. The molecule has 1 aromatic carbocycles. The number of nitrogens with zero attached hydrogens (tertiary/aromatic N) is 7. The van der Waals surface area contributed by atoms with Gasteiger partial charge in [-0.15, -0.1) is 0 Å². The molecule has 4 aliphatic heterocycles. The molecule has 18 nitrogen and oxygen atoms in total. The molecular formula is C55H81IN10O8. The number of benzene rings is 1. The molecule has 19 heteroatoms. The maximum Gasteiger partial charge on any atom is 0.304 e. The van der Waals surface area contributed by atoms with Crippen LogP contribution in [0.2, 0.25) is 0 Å². The lowest BCUT2D eigenvalue weighted by molar-refractivity contribution is -0.137. The highest BCUT2D eigenvalue weighted by Crippen LogP contribution is 2.33. The molecule has 74 heavy (non-hydrogen) atoms. The number of hydrogen-bond donors (Lipinski definition) is 5. The zero-order valence-electron chi connectivity index (χ0n) is 43.8. The van der Waals surface area contributed by atoms with Gasteiger partial charge in [0.2, 0.25) is 23.6 Å². The maximum atomic E-state index is 13.3. The molecule has 3 aromatic rings. The van der Waals surface area contributed by atoms with Gasteiger partial charge in [-0.05, 0) is 138 Å². The van der Waals surface area contributed by atoms with E-state index in [2.05, 4.69) is 56.1 Å². The van der Waals surface area contributed by atoms with E-state index in [0.29, 0.717) is 97.0 Å². The Bertz CT molecular complexity index is 2340. The number of fused-ring (bicyclic) bond motifs is 1. The Morgan fingerprint density at radius 2 is 1.55 bits per heavy atom. The lowest BCUT2D eigenvalue weighted by Crippen LogP contribution is -2.48. The first-order valence-corrected chi connectivity index (χ1v) is 28.3. The number of amides is 4. The number of β-amino-alcohol motifs (C(OH)–C–C–N with tert-alkyl or cyclic N) is 1. The number of unbranched alkanes of at least 4 members (excludes halogenated alkanes) is 4. The average molecular weight is 1140 g/mol. The molecule has 0 unspecified atom stereocenters. The molecule has 0 spiro atoms. The normalized spacial score (nSPS) is 19.3. The third-order valence-corrected chi connectivity index (χ3v) is 15.6. The number of nitrogens with one attached hydrogen (secondary N) is 3. The van der Waals surface area contributed by atoms with Crippen molar-refractivity contribution < 1.29 is 37.3 Å². The van der Waals surface area contributed by atoms with Gasteiger partial charge in [0.05, 0.1) is 36.6 Å². The standard InChI is InChI=1S/C55H81IN10O8/c1-39-29-40(2)66(61-39)47-31-43(44(32-54(72)73)36-62-24-20-41(35-62)16-18-45-19-17-42-11-10-23-59-55(42)60-45)30-46(33-47)63-25-27-64(28-26-63)52(70)15-9-13-51(69)58-21-7-3-5-12-50(68)57-22-8-4-6-14-53(71)65-37-49(67)34-48(65)38-74-56/h17,19,29-31,33,41,44,48-49,67H,3-16,18,20-28,32,34-38H2,1-2H3,(H,57,68)(H,58,69)(H,59,60)(H,72,73)/t41-,44-,48+,49-/m1/s1. The van der Waals surface area contributed by atoms with E-state index in [1.807, 2.05) is 52.5 Å². The fraction of sp³-hybridized carbons (Fsp3) is 0.655. The van der Waals surface area contributed by atoms with E-state index in [4.69, 9.17) is 13.1 Å². The summed E-state index contributed by atoms with van der Waals surface area (Å²) in [6, 6.07) is 12.8. The van der Waals surface area contributed by atoms with Crippen molar-refractivity contribution in [3.05, 3.63) is 64.6 Å². The fourth-order valence-electron chi connectivity index (χ4n) is 11.2. The molecule has 0 saturated carbocycles. The molecule has 5 N–H and O–H groups in total. The number of rotatable bonds is 28. The lowest BCUT2D eigenvalue weighted by atomic mass is 9.93. The van der Waals surface area contributed by atoms with Crippen LogP contribution in [0.25, 0.3) is 5.69 Å². The summed E-state index contributed by atoms with van der Waals surface area (Å²) >= 11 is 1.82. The van der Waals surface area contributed by atoms with Crippen molar-refractivity contribution in [3.8, 4) is 5.69 Å². The van der Waals surface area contributed by atoms with Gasteiger partial charge in [-0.1, -0.05) is 18.9 Å². The lowest BCUT2D eigenvalue weighted by Gasteiger charge is -2.37. The number of aliphatic hydroxyl groups is 1. The van der Waals surface area contributed by atoms with Crippen molar-refractivity contribution in [1.29, 1.82) is 0 Å². The number of anilines is 2. The molecule has 0 bridgehead atoms. The Hall–Kier alpha value is -4.86. The minimum Gasteiger partial charge on any atom is -0.481 e. The third-order valence-electron chi connectivity index (χ3n) is 15.2. The van der Waals surface area contributed by atoms with Gasteiger partial charge in [0.15, 0.2) is 0 Å². The Kier molecular flexibility index (Phi) is 22.2. The van der Waals surface area contributed by atoms with Crippen LogP contribution < -0.4 is 20.9 Å². The molecule has 0 radical (unpaired) electrons. The summed E-state index contributed by atoms with van der Waals surface area (Å²) in [5.74, 6) is 0.547. The van der Waals surface area contributed by atoms with E-state index in [0.717, 1.165) is 130 Å². The average Bonchev–Trinajstić information content (AvgIpc) is 4.11. The van der Waals surface area contributed by atoms with E-state index >= 15 is 0 Å². The van der Waals surface area contributed by atoms with Gasteiger partial charge in [-0.2, -0.15) is 5.10 Å². The van der Waals surface area contributed by atoms with Crippen molar-refractivity contribution >= 4 is 64.1 Å². The summed E-state index contributed by atoms with van der Waals surface area (Å²) in [5, 5.41) is 34.3. The summed E-state index contributed by atoms with van der Waals surface area (Å²) < 4.78 is 7.11. The summed E-state index contributed by atoms with van der Waals surface area (Å²) in [7, 11) is 0. The quantitative estimate of drug-likeness (QED) is 0.0402. The summed E-state index contributed by atoms with van der Waals surface area (Å²) in [4.78, 5) is 76.6. The van der Waals surface area contributed by atoms with Crippen LogP contribution in [0.3, 0.4) is 0 Å². The van der Waals surface area contributed by atoms with Crippen LogP contribution >= 0.6 is 23.0 Å². The van der Waals surface area contributed by atoms with Gasteiger partial charge >= 0.3 is 5.97 Å². The van der Waals surface area contributed by atoms with Gasteiger partial charge in [-0.25, -0.2) is 9.67 Å². The highest BCUT2D eigenvalue weighted by molar-refractivity contribution is 14.1. The Morgan fingerprint density at radius 3 is 2.27 bits per heavy atom. The molecule has 6 heterocycles. The van der Waals surface area contributed by atoms with E-state index in [1.54, 1.807) is 4.90 Å². The second-order valence-corrected chi connectivity index (χ2v) is 21.7. The topological polar surface area (TPSA) is 215 Å². The monoisotopic (exact) mass is 1140 g/mol. The number of aliphatic hydroxyl groups excluding tert-OH is 1. The number of likely N-dealkylation sites (tertiary alicyclic amines) is 2. The van der Waals surface area contributed by atoms with Gasteiger partial charge in [0.1, 0.15) is 28.8 Å². The van der Waals surface area contributed by atoms with E-state index in [-0.39, 0.29) is 48.4 Å². The van der Waals surface area contributed by atoms with Crippen molar-refractivity contribution in [2.45, 2.75) is 147 Å². The van der Waals surface area contributed by atoms with E-state index < -0.39 is 12.1 Å². The van der Waals surface area contributed by atoms with Gasteiger partial charge in [0, 0.05) is 114 Å². The van der Waals surface area contributed by atoms with Crippen LogP contribution in [0.5, 0.6) is 0 Å². The largest absolute Gasteiger partial charge is 0.481 e. The van der Waals surface area contributed by atoms with Crippen LogP contribution in [0.15, 0.2) is 36.4 Å². The van der Waals surface area contributed by atoms with Crippen LogP contribution in [0.4, 0.5) is 11.5 Å². The number of hydrogen-bond acceptors (Lipinski definition) is 12. The molecule has 406 valence electrons. The minimum absolute atomic E-state index is 0.00912. The van der Waals surface area contributed by atoms with Crippen LogP contribution in [-0.4, -0.2) is 160 Å². The number of pyridine rings is 1. The second kappa shape index (κ2) is 28.9. The molecule has 3 fully saturated rings. The minimum atomic E-state index is -0.820. The molecular weight excluding hydrogens is 1060 g/mol. The predicted octanol–water partition coefficient (Wildman–Crippen LogP) is 6.26. The van der Waals surface area contributed by atoms with Crippen molar-refractivity contribution in [2.24, 2.45) is 5.92 Å². The fourth-order valence-corrected chi connectivity index (χ4v) is 11.6. The number of carbonyl (C=O) groups is 5. The number of halogens is 1. The van der Waals surface area contributed by atoms with Crippen molar-refractivity contribution in [2.75, 3.05) is 88.8 Å². The first-order valence-electron chi connectivity index (χ1n) is 27.4. The SMILES string of the molecule is Cc1cc(C)n(-c2cc([C@H](CC(=O)O)CN3CC[C@@H](CCc4ccc5c(n4)NCCC5)C3)cc(N3CCN(C(=O)CCCC(=O)NCCCCCC(=O)NCCCCCC(=O)N4C[C@H](O)C[C@H]4COI)CC3)c2)n1. The first-order chi connectivity index (χ1) is 35.8. The molecule has 4 aliphatic rings. The summed E-state index contributed by atoms with van der Waals surface area (Å²) in [6.07, 6.45) is 12.0. The Morgan fingerprint density at radius 1 is 0.838 bits per heavy atom. The third kappa shape index (κ3) is 17.3. The summed E-state index contributed by atoms with van der Waals surface area (Å²) in [5.41, 5.74) is 7.20. The van der Waals surface area contributed by atoms with Crippen LogP contribution in [0.1, 0.15) is 137 Å². The van der Waals surface area contributed by atoms with Crippen molar-refractivity contribution in [3.63, 3.8) is 0 Å². The van der Waals surface area contributed by atoms with Crippen LogP contribution in [-0.2, 0) is 39.9 Å². The van der Waals surface area contributed by atoms with Crippen LogP contribution in [0, 0.1) is 19.8 Å². The molecule has 2 aromatic heterocycles. The maximum absolute atomic E-state index is 13.3. The molecule has 4 atom stereocenters. The van der Waals surface area contributed by atoms with Gasteiger partial charge in [0.25, 0.3) is 0 Å².